The Morgan fingerprint density at radius 1 is 1.38 bits per heavy atom. The molecule has 1 heterocycles. The Morgan fingerprint density at radius 3 is 2.58 bits per heavy atom. The predicted octanol–water partition coefficient (Wildman–Crippen LogP) is 1.87. The van der Waals surface area contributed by atoms with Crippen molar-refractivity contribution in [2.24, 2.45) is 5.14 Å². The highest BCUT2D eigenvalue weighted by Crippen LogP contribution is 2.14. The first-order valence-electron chi connectivity index (χ1n) is 7.13. The van der Waals surface area contributed by atoms with E-state index in [1.807, 2.05) is 11.6 Å². The number of thiocarbonyl (C=S) groups is 1. The molecule has 130 valence electrons. The number of hydrogen-bond donors (Lipinski definition) is 3. The molecule has 0 amide bonds. The van der Waals surface area contributed by atoms with Gasteiger partial charge in [-0.25, -0.2) is 13.6 Å². The van der Waals surface area contributed by atoms with Crippen molar-refractivity contribution in [3.8, 4) is 0 Å². The van der Waals surface area contributed by atoms with Crippen LogP contribution in [0.15, 0.2) is 35.4 Å². The normalized spacial score (nSPS) is 11.3. The minimum atomic E-state index is -3.69. The van der Waals surface area contributed by atoms with Gasteiger partial charge in [0.25, 0.3) is 0 Å². The van der Waals surface area contributed by atoms with Crippen LogP contribution in [0.2, 0.25) is 5.02 Å². The smallest absolute Gasteiger partial charge is 0.238 e. The van der Waals surface area contributed by atoms with Gasteiger partial charge in [0.2, 0.25) is 10.0 Å². The van der Waals surface area contributed by atoms with Crippen LogP contribution < -0.4 is 15.8 Å². The Morgan fingerprint density at radius 2 is 2.04 bits per heavy atom. The van der Waals surface area contributed by atoms with Crippen LogP contribution in [0, 0.1) is 6.92 Å². The second-order valence-corrected chi connectivity index (χ2v) is 7.48. The number of anilines is 1. The van der Waals surface area contributed by atoms with Crippen molar-refractivity contribution in [1.82, 2.24) is 15.1 Å². The van der Waals surface area contributed by atoms with Crippen LogP contribution >= 0.6 is 23.8 Å². The molecule has 2 aromatic rings. The Hall–Kier alpha value is -1.68. The summed E-state index contributed by atoms with van der Waals surface area (Å²) in [7, 11) is -3.69. The molecule has 1 aromatic carbocycles. The van der Waals surface area contributed by atoms with Gasteiger partial charge in [0.05, 0.1) is 21.8 Å². The van der Waals surface area contributed by atoms with Crippen molar-refractivity contribution < 1.29 is 8.42 Å². The fourth-order valence-electron chi connectivity index (χ4n) is 1.98. The zero-order chi connectivity index (χ0) is 17.7. The molecule has 0 saturated carbocycles. The Kier molecular flexibility index (Phi) is 6.16. The number of sulfonamides is 1. The number of primary sulfonamides is 1. The topological polar surface area (TPSA) is 102 Å². The third-order valence-corrected chi connectivity index (χ3v) is 4.86. The van der Waals surface area contributed by atoms with Crippen molar-refractivity contribution in [3.63, 3.8) is 0 Å². The number of nitrogens with zero attached hydrogens (tertiary/aromatic N) is 2. The van der Waals surface area contributed by atoms with Crippen molar-refractivity contribution in [2.75, 3.05) is 11.9 Å². The standard InChI is InChI=1S/C14H18ClN5O2S2/c1-10-13(15)9-18-20(10)8-2-7-17-14(23)19-11-3-5-12(6-4-11)24(16,21)22/h3-6,9H,2,7-8H2,1H3,(H2,16,21,22)(H2,17,19,23). The molecule has 0 saturated heterocycles. The minimum Gasteiger partial charge on any atom is -0.362 e. The largest absolute Gasteiger partial charge is 0.362 e. The highest BCUT2D eigenvalue weighted by atomic mass is 35.5. The van der Waals surface area contributed by atoms with Crippen molar-refractivity contribution in [3.05, 3.63) is 41.2 Å². The molecule has 0 fully saturated rings. The molecule has 24 heavy (non-hydrogen) atoms. The van der Waals surface area contributed by atoms with E-state index in [-0.39, 0.29) is 4.90 Å². The van der Waals surface area contributed by atoms with Crippen LogP contribution in [0.4, 0.5) is 5.69 Å². The predicted molar refractivity (Wildman–Crippen MR) is 98.6 cm³/mol. The highest BCUT2D eigenvalue weighted by Gasteiger charge is 2.07. The number of aromatic nitrogens is 2. The van der Waals surface area contributed by atoms with Crippen LogP contribution in [-0.2, 0) is 16.6 Å². The van der Waals surface area contributed by atoms with Gasteiger partial charge < -0.3 is 10.6 Å². The summed E-state index contributed by atoms with van der Waals surface area (Å²) in [5.74, 6) is 0. The van der Waals surface area contributed by atoms with Gasteiger partial charge in [-0.2, -0.15) is 5.10 Å². The third kappa shape index (κ3) is 5.17. The van der Waals surface area contributed by atoms with E-state index in [0.29, 0.717) is 22.4 Å². The average molecular weight is 388 g/mol. The molecule has 2 rings (SSSR count). The summed E-state index contributed by atoms with van der Waals surface area (Å²) in [5.41, 5.74) is 1.61. The zero-order valence-electron chi connectivity index (χ0n) is 13.0. The van der Waals surface area contributed by atoms with E-state index in [2.05, 4.69) is 15.7 Å². The van der Waals surface area contributed by atoms with Gasteiger partial charge in [-0.05, 0) is 49.8 Å². The fourth-order valence-corrected chi connectivity index (χ4v) is 2.86. The lowest BCUT2D eigenvalue weighted by Gasteiger charge is -2.11. The lowest BCUT2D eigenvalue weighted by Crippen LogP contribution is -2.29. The number of hydrogen-bond acceptors (Lipinski definition) is 4. The van der Waals surface area contributed by atoms with Gasteiger partial charge >= 0.3 is 0 Å². The number of nitrogens with one attached hydrogen (secondary N) is 2. The SMILES string of the molecule is Cc1c(Cl)cnn1CCCNC(=S)Nc1ccc(S(N)(=O)=O)cc1. The summed E-state index contributed by atoms with van der Waals surface area (Å²) < 4.78 is 24.2. The molecule has 0 aliphatic rings. The molecule has 10 heteroatoms. The molecule has 0 spiro atoms. The lowest BCUT2D eigenvalue weighted by molar-refractivity contribution is 0.561. The van der Waals surface area contributed by atoms with Crippen molar-refractivity contribution >= 4 is 44.6 Å². The first kappa shape index (κ1) is 18.7. The maximum absolute atomic E-state index is 11.2. The molecule has 4 N–H and O–H groups in total. The lowest BCUT2D eigenvalue weighted by atomic mass is 10.3. The summed E-state index contributed by atoms with van der Waals surface area (Å²) in [6, 6.07) is 6.04. The quantitative estimate of drug-likeness (QED) is 0.516. The van der Waals surface area contributed by atoms with E-state index in [1.165, 1.54) is 12.1 Å². The van der Waals surface area contributed by atoms with Crippen LogP contribution in [0.1, 0.15) is 12.1 Å². The Bertz CT molecular complexity index is 818. The Labute approximate surface area is 151 Å². The number of nitrogens with two attached hydrogens (primary N) is 1. The maximum atomic E-state index is 11.2. The van der Waals surface area contributed by atoms with E-state index < -0.39 is 10.0 Å². The van der Waals surface area contributed by atoms with Gasteiger partial charge in [0.15, 0.2) is 5.11 Å². The van der Waals surface area contributed by atoms with E-state index in [4.69, 9.17) is 29.0 Å². The summed E-state index contributed by atoms with van der Waals surface area (Å²) >= 11 is 11.1. The summed E-state index contributed by atoms with van der Waals surface area (Å²) in [4.78, 5) is 0.0557. The molecule has 0 radical (unpaired) electrons. The first-order chi connectivity index (χ1) is 11.3. The first-order valence-corrected chi connectivity index (χ1v) is 9.46. The van der Waals surface area contributed by atoms with E-state index in [1.54, 1.807) is 18.3 Å². The van der Waals surface area contributed by atoms with Crippen LogP contribution in [0.3, 0.4) is 0 Å². The molecule has 1 aromatic heterocycles. The van der Waals surface area contributed by atoms with Gasteiger partial charge in [-0.1, -0.05) is 11.6 Å². The van der Waals surface area contributed by atoms with Crippen LogP contribution in [0.5, 0.6) is 0 Å². The molecule has 0 bridgehead atoms. The van der Waals surface area contributed by atoms with Gasteiger partial charge in [0.1, 0.15) is 0 Å². The fraction of sp³-hybridized carbons (Fsp3) is 0.286. The third-order valence-electron chi connectivity index (χ3n) is 3.32. The van der Waals surface area contributed by atoms with E-state index >= 15 is 0 Å². The van der Waals surface area contributed by atoms with E-state index in [0.717, 1.165) is 18.7 Å². The Balaban J connectivity index is 1.76. The molecular weight excluding hydrogens is 370 g/mol. The molecule has 0 unspecified atom stereocenters. The molecule has 0 aliphatic carbocycles. The average Bonchev–Trinajstić information content (AvgIpc) is 2.83. The monoisotopic (exact) mass is 387 g/mol. The molecular formula is C14H18ClN5O2S2. The summed E-state index contributed by atoms with van der Waals surface area (Å²) in [5, 5.41) is 16.4. The maximum Gasteiger partial charge on any atom is 0.238 e. The van der Waals surface area contributed by atoms with Crippen molar-refractivity contribution in [2.45, 2.75) is 24.8 Å². The number of benzene rings is 1. The molecule has 0 atom stereocenters. The van der Waals surface area contributed by atoms with Gasteiger partial charge in [-0.3, -0.25) is 4.68 Å². The molecule has 7 nitrogen and oxygen atoms in total. The van der Waals surface area contributed by atoms with Crippen LogP contribution in [-0.4, -0.2) is 29.9 Å². The number of halogens is 1. The van der Waals surface area contributed by atoms with Gasteiger partial charge in [-0.15, -0.1) is 0 Å². The van der Waals surface area contributed by atoms with E-state index in [9.17, 15) is 8.42 Å². The zero-order valence-corrected chi connectivity index (χ0v) is 15.4. The molecule has 0 aliphatic heterocycles. The highest BCUT2D eigenvalue weighted by molar-refractivity contribution is 7.89. The minimum absolute atomic E-state index is 0.0557. The number of rotatable bonds is 6. The van der Waals surface area contributed by atoms with Crippen LogP contribution in [0.25, 0.3) is 0 Å². The summed E-state index contributed by atoms with van der Waals surface area (Å²) in [6.45, 7) is 3.31. The summed E-state index contributed by atoms with van der Waals surface area (Å²) in [6.07, 6.45) is 2.45. The number of aryl methyl sites for hydroxylation is 1. The van der Waals surface area contributed by atoms with Crippen molar-refractivity contribution in [1.29, 1.82) is 0 Å². The second-order valence-electron chi connectivity index (χ2n) is 5.10. The second kappa shape index (κ2) is 7.93. The van der Waals surface area contributed by atoms with Gasteiger partial charge in [0, 0.05) is 18.8 Å².